The number of rotatable bonds is 2. The zero-order valence-corrected chi connectivity index (χ0v) is 10.5. The van der Waals surface area contributed by atoms with Gasteiger partial charge in [0.15, 0.2) is 10.9 Å². The molecule has 1 fully saturated rings. The number of hydrogen-bond donors (Lipinski definition) is 1. The van der Waals surface area contributed by atoms with Crippen LogP contribution in [0.25, 0.3) is 5.57 Å². The van der Waals surface area contributed by atoms with E-state index in [-0.39, 0.29) is 0 Å². The van der Waals surface area contributed by atoms with Crippen molar-refractivity contribution < 1.29 is 4.74 Å². The van der Waals surface area contributed by atoms with Crippen molar-refractivity contribution in [1.82, 2.24) is 10.3 Å². The monoisotopic (exact) mass is 250 g/mol. The van der Waals surface area contributed by atoms with Gasteiger partial charge in [-0.25, -0.2) is 4.98 Å². The van der Waals surface area contributed by atoms with Crippen LogP contribution in [0.15, 0.2) is 18.3 Å². The lowest BCUT2D eigenvalue weighted by molar-refractivity contribution is 0.262. The number of halogens is 1. The van der Waals surface area contributed by atoms with Gasteiger partial charge >= 0.3 is 0 Å². The molecule has 1 aromatic rings. The molecule has 1 aliphatic carbocycles. The van der Waals surface area contributed by atoms with Crippen LogP contribution in [0.4, 0.5) is 0 Å². The Labute approximate surface area is 106 Å². The Morgan fingerprint density at radius 3 is 3.12 bits per heavy atom. The summed E-state index contributed by atoms with van der Waals surface area (Å²) in [7, 11) is 1.62. The van der Waals surface area contributed by atoms with Crippen LogP contribution in [-0.4, -0.2) is 24.7 Å². The van der Waals surface area contributed by atoms with Gasteiger partial charge in [0.2, 0.25) is 0 Å². The SMILES string of the molecule is COc1cc(C2=CCCC3CNC23)cnc1Cl. The summed E-state index contributed by atoms with van der Waals surface area (Å²) in [4.78, 5) is 4.18. The van der Waals surface area contributed by atoms with Crippen molar-refractivity contribution in [3.63, 3.8) is 0 Å². The molecule has 2 heterocycles. The number of hydrogen-bond acceptors (Lipinski definition) is 3. The van der Waals surface area contributed by atoms with Crippen LogP contribution < -0.4 is 10.1 Å². The van der Waals surface area contributed by atoms with E-state index >= 15 is 0 Å². The molecule has 0 radical (unpaired) electrons. The number of nitrogens with one attached hydrogen (secondary N) is 1. The predicted octanol–water partition coefficient (Wildman–Crippen LogP) is 2.51. The molecule has 0 amide bonds. The van der Waals surface area contributed by atoms with E-state index in [9.17, 15) is 0 Å². The maximum Gasteiger partial charge on any atom is 0.171 e. The summed E-state index contributed by atoms with van der Waals surface area (Å²) in [6.45, 7) is 1.14. The topological polar surface area (TPSA) is 34.1 Å². The molecule has 0 aromatic carbocycles. The van der Waals surface area contributed by atoms with Gasteiger partial charge < -0.3 is 10.1 Å². The van der Waals surface area contributed by atoms with E-state index in [0.29, 0.717) is 16.9 Å². The first-order valence-electron chi connectivity index (χ1n) is 5.93. The number of aromatic nitrogens is 1. The third-order valence-corrected chi connectivity index (χ3v) is 3.95. The fraction of sp³-hybridized carbons (Fsp3) is 0.462. The average Bonchev–Trinajstić information content (AvgIpc) is 2.31. The summed E-state index contributed by atoms with van der Waals surface area (Å²) in [6.07, 6.45) is 6.58. The normalized spacial score (nSPS) is 26.8. The van der Waals surface area contributed by atoms with Gasteiger partial charge in [0.25, 0.3) is 0 Å². The van der Waals surface area contributed by atoms with Crippen LogP contribution >= 0.6 is 11.6 Å². The quantitative estimate of drug-likeness (QED) is 0.819. The Kier molecular flexibility index (Phi) is 2.81. The van der Waals surface area contributed by atoms with E-state index in [2.05, 4.69) is 16.4 Å². The molecule has 0 spiro atoms. The van der Waals surface area contributed by atoms with E-state index < -0.39 is 0 Å². The number of pyridine rings is 1. The van der Waals surface area contributed by atoms with Crippen molar-refractivity contribution in [2.45, 2.75) is 18.9 Å². The highest BCUT2D eigenvalue weighted by Crippen LogP contribution is 2.37. The summed E-state index contributed by atoms with van der Waals surface area (Å²) in [5.74, 6) is 1.43. The first-order valence-corrected chi connectivity index (χ1v) is 6.30. The maximum absolute atomic E-state index is 5.94. The summed E-state index contributed by atoms with van der Waals surface area (Å²) in [6, 6.07) is 2.47. The van der Waals surface area contributed by atoms with Gasteiger partial charge in [-0.1, -0.05) is 17.7 Å². The molecule has 3 rings (SSSR count). The minimum Gasteiger partial charge on any atom is -0.494 e. The molecule has 2 aliphatic rings. The van der Waals surface area contributed by atoms with E-state index in [4.69, 9.17) is 16.3 Å². The van der Waals surface area contributed by atoms with E-state index in [0.717, 1.165) is 24.4 Å². The minimum atomic E-state index is 0.422. The standard InChI is InChI=1S/C13H15ClN2O/c1-17-11-5-9(7-16-13(11)14)10-4-2-3-8-6-15-12(8)10/h4-5,7-8,12,15H,2-3,6H2,1H3. The van der Waals surface area contributed by atoms with E-state index in [1.807, 2.05) is 12.3 Å². The van der Waals surface area contributed by atoms with Crippen LogP contribution in [0, 0.1) is 5.92 Å². The van der Waals surface area contributed by atoms with Crippen molar-refractivity contribution in [1.29, 1.82) is 0 Å². The second-order valence-corrected chi connectivity index (χ2v) is 4.96. The molecule has 0 saturated carbocycles. The minimum absolute atomic E-state index is 0.422. The van der Waals surface area contributed by atoms with Gasteiger partial charge in [-0.2, -0.15) is 0 Å². The largest absolute Gasteiger partial charge is 0.494 e. The molecular weight excluding hydrogens is 236 g/mol. The number of methoxy groups -OCH3 is 1. The lowest BCUT2D eigenvalue weighted by Crippen LogP contribution is -2.54. The molecular formula is C13H15ClN2O. The summed E-state index contributed by atoms with van der Waals surface area (Å²) in [5, 5.41) is 3.90. The van der Waals surface area contributed by atoms with Crippen molar-refractivity contribution in [3.05, 3.63) is 29.1 Å². The number of allylic oxidation sites excluding steroid dienone is 1. The maximum atomic E-state index is 5.94. The van der Waals surface area contributed by atoms with Crippen LogP contribution in [0.3, 0.4) is 0 Å². The third kappa shape index (κ3) is 1.83. The molecule has 90 valence electrons. The molecule has 1 aliphatic heterocycles. The second-order valence-electron chi connectivity index (χ2n) is 4.60. The first kappa shape index (κ1) is 11.1. The predicted molar refractivity (Wildman–Crippen MR) is 68.3 cm³/mol. The van der Waals surface area contributed by atoms with Crippen molar-refractivity contribution >= 4 is 17.2 Å². The van der Waals surface area contributed by atoms with Crippen LogP contribution in [0.1, 0.15) is 18.4 Å². The highest BCUT2D eigenvalue weighted by atomic mass is 35.5. The van der Waals surface area contributed by atoms with Gasteiger partial charge in [0.1, 0.15) is 0 Å². The van der Waals surface area contributed by atoms with E-state index in [1.54, 1.807) is 7.11 Å². The van der Waals surface area contributed by atoms with Gasteiger partial charge in [-0.05, 0) is 30.4 Å². The van der Waals surface area contributed by atoms with Gasteiger partial charge in [0, 0.05) is 24.3 Å². The zero-order chi connectivity index (χ0) is 11.8. The Balaban J connectivity index is 1.95. The Morgan fingerprint density at radius 2 is 2.41 bits per heavy atom. The summed E-state index contributed by atoms with van der Waals surface area (Å²) >= 11 is 5.94. The number of ether oxygens (including phenoxy) is 1. The van der Waals surface area contributed by atoms with Crippen LogP contribution in [0.5, 0.6) is 5.75 Å². The fourth-order valence-electron chi connectivity index (χ4n) is 2.64. The number of nitrogens with zero attached hydrogens (tertiary/aromatic N) is 1. The molecule has 2 unspecified atom stereocenters. The van der Waals surface area contributed by atoms with Gasteiger partial charge in [0.05, 0.1) is 7.11 Å². The van der Waals surface area contributed by atoms with Crippen molar-refractivity contribution in [2.75, 3.05) is 13.7 Å². The molecule has 2 atom stereocenters. The Bertz CT molecular complexity index is 472. The smallest absolute Gasteiger partial charge is 0.171 e. The molecule has 4 heteroatoms. The van der Waals surface area contributed by atoms with Crippen molar-refractivity contribution in [3.8, 4) is 5.75 Å². The first-order chi connectivity index (χ1) is 8.29. The number of fused-ring (bicyclic) bond motifs is 1. The third-order valence-electron chi connectivity index (χ3n) is 3.67. The molecule has 0 bridgehead atoms. The van der Waals surface area contributed by atoms with Gasteiger partial charge in [-0.3, -0.25) is 0 Å². The zero-order valence-electron chi connectivity index (χ0n) is 9.74. The molecule has 17 heavy (non-hydrogen) atoms. The fourth-order valence-corrected chi connectivity index (χ4v) is 2.82. The highest BCUT2D eigenvalue weighted by molar-refractivity contribution is 6.30. The molecule has 3 nitrogen and oxygen atoms in total. The Morgan fingerprint density at radius 1 is 1.53 bits per heavy atom. The van der Waals surface area contributed by atoms with Crippen molar-refractivity contribution in [2.24, 2.45) is 5.92 Å². The molecule has 1 N–H and O–H groups in total. The van der Waals surface area contributed by atoms with E-state index in [1.165, 1.54) is 12.0 Å². The molecule has 1 aromatic heterocycles. The Hall–Kier alpha value is -1.06. The summed E-state index contributed by atoms with van der Waals surface area (Å²) < 4.78 is 5.21. The lowest BCUT2D eigenvalue weighted by atomic mass is 9.76. The summed E-state index contributed by atoms with van der Waals surface area (Å²) in [5.41, 5.74) is 2.46. The average molecular weight is 251 g/mol. The van der Waals surface area contributed by atoms with Crippen LogP contribution in [0.2, 0.25) is 5.15 Å². The van der Waals surface area contributed by atoms with Crippen LogP contribution in [-0.2, 0) is 0 Å². The lowest BCUT2D eigenvalue weighted by Gasteiger charge is -2.42. The highest BCUT2D eigenvalue weighted by Gasteiger charge is 2.35. The van der Waals surface area contributed by atoms with Gasteiger partial charge in [-0.15, -0.1) is 0 Å². The second kappa shape index (κ2) is 4.31. The molecule has 1 saturated heterocycles.